The molecule has 1 aliphatic carbocycles. The number of halogens is 1. The number of rotatable bonds is 5. The minimum absolute atomic E-state index is 0.199. The van der Waals surface area contributed by atoms with Gasteiger partial charge in [-0.15, -0.1) is 0 Å². The first-order chi connectivity index (χ1) is 15.4. The molecular weight excluding hydrogens is 476 g/mol. The van der Waals surface area contributed by atoms with Gasteiger partial charge < -0.3 is 11.1 Å². The SMILES string of the molecule is Cn1nc(C2CC2)cc1NC(=O)Nc1cccc(C(=O)c2cc(Br)n3ncnc(N)c23)c1. The number of nitrogens with zero attached hydrogens (tertiary/aromatic N) is 5. The van der Waals surface area contributed by atoms with Gasteiger partial charge in [-0.05, 0) is 47.0 Å². The Bertz CT molecular complexity index is 1370. The lowest BCUT2D eigenvalue weighted by Crippen LogP contribution is -2.21. The van der Waals surface area contributed by atoms with Crippen molar-refractivity contribution < 1.29 is 9.59 Å². The van der Waals surface area contributed by atoms with Crippen LogP contribution in [-0.2, 0) is 7.05 Å². The molecule has 0 saturated heterocycles. The minimum atomic E-state index is -0.422. The molecule has 0 atom stereocenters. The highest BCUT2D eigenvalue weighted by Gasteiger charge is 2.27. The van der Waals surface area contributed by atoms with Crippen molar-refractivity contribution in [1.29, 1.82) is 0 Å². The van der Waals surface area contributed by atoms with E-state index in [1.165, 1.54) is 10.8 Å². The van der Waals surface area contributed by atoms with Crippen LogP contribution in [0.3, 0.4) is 0 Å². The highest BCUT2D eigenvalue weighted by atomic mass is 79.9. The van der Waals surface area contributed by atoms with E-state index in [1.54, 1.807) is 42.1 Å². The number of benzene rings is 1. The van der Waals surface area contributed by atoms with Gasteiger partial charge in [-0.2, -0.15) is 10.2 Å². The number of nitrogens with one attached hydrogen (secondary N) is 2. The summed E-state index contributed by atoms with van der Waals surface area (Å²) in [6, 6.07) is 9.81. The normalized spacial score (nSPS) is 13.3. The van der Waals surface area contributed by atoms with E-state index in [4.69, 9.17) is 5.73 Å². The van der Waals surface area contributed by atoms with Gasteiger partial charge in [-0.3, -0.25) is 14.8 Å². The Morgan fingerprint density at radius 2 is 2.00 bits per heavy atom. The molecule has 1 saturated carbocycles. The van der Waals surface area contributed by atoms with Crippen LogP contribution in [0.1, 0.15) is 40.4 Å². The highest BCUT2D eigenvalue weighted by molar-refractivity contribution is 9.10. The van der Waals surface area contributed by atoms with Crippen LogP contribution in [0.25, 0.3) is 5.52 Å². The number of hydrogen-bond acceptors (Lipinski definition) is 6. The second-order valence-electron chi connectivity index (χ2n) is 7.63. The lowest BCUT2D eigenvalue weighted by molar-refractivity contribution is 0.104. The third kappa shape index (κ3) is 3.71. The van der Waals surface area contributed by atoms with Crippen molar-refractivity contribution in [3.63, 3.8) is 0 Å². The van der Waals surface area contributed by atoms with Crippen molar-refractivity contribution in [1.82, 2.24) is 24.4 Å². The monoisotopic (exact) mass is 494 g/mol. The molecule has 162 valence electrons. The van der Waals surface area contributed by atoms with Gasteiger partial charge >= 0.3 is 6.03 Å². The summed E-state index contributed by atoms with van der Waals surface area (Å²) in [5, 5.41) is 14.1. The maximum Gasteiger partial charge on any atom is 0.324 e. The number of urea groups is 1. The third-order valence-electron chi connectivity index (χ3n) is 5.30. The fourth-order valence-electron chi connectivity index (χ4n) is 3.56. The number of fused-ring (bicyclic) bond motifs is 1. The van der Waals surface area contributed by atoms with Crippen molar-refractivity contribution in [3.05, 3.63) is 64.1 Å². The maximum absolute atomic E-state index is 13.2. The average molecular weight is 495 g/mol. The van der Waals surface area contributed by atoms with Gasteiger partial charge in [-0.25, -0.2) is 14.3 Å². The molecule has 0 spiro atoms. The molecule has 2 amide bonds. The molecule has 4 aromatic rings. The Hall–Kier alpha value is -3.73. The van der Waals surface area contributed by atoms with E-state index in [0.717, 1.165) is 18.5 Å². The van der Waals surface area contributed by atoms with Gasteiger partial charge in [0.25, 0.3) is 0 Å². The zero-order valence-corrected chi connectivity index (χ0v) is 18.6. The Balaban J connectivity index is 1.36. The number of nitrogens with two attached hydrogens (primary N) is 1. The van der Waals surface area contributed by atoms with Crippen LogP contribution < -0.4 is 16.4 Å². The highest BCUT2D eigenvalue weighted by Crippen LogP contribution is 2.39. The molecule has 5 rings (SSSR count). The number of carbonyl (C=O) groups is 2. The maximum atomic E-state index is 13.2. The summed E-state index contributed by atoms with van der Waals surface area (Å²) in [6.07, 6.45) is 3.59. The van der Waals surface area contributed by atoms with Gasteiger partial charge in [0.05, 0.1) is 11.3 Å². The lowest BCUT2D eigenvalue weighted by atomic mass is 10.0. The predicted molar refractivity (Wildman–Crippen MR) is 123 cm³/mol. The van der Waals surface area contributed by atoms with Crippen molar-refractivity contribution in [2.24, 2.45) is 7.05 Å². The van der Waals surface area contributed by atoms with Crippen LogP contribution in [0.5, 0.6) is 0 Å². The molecule has 3 aromatic heterocycles. The summed E-state index contributed by atoms with van der Waals surface area (Å²) in [6.45, 7) is 0. The zero-order chi connectivity index (χ0) is 22.4. The summed E-state index contributed by atoms with van der Waals surface area (Å²) in [5.41, 5.74) is 8.61. The van der Waals surface area contributed by atoms with Crippen LogP contribution in [-0.4, -0.2) is 36.2 Å². The van der Waals surface area contributed by atoms with Crippen molar-refractivity contribution in [2.45, 2.75) is 18.8 Å². The molecule has 4 N–H and O–H groups in total. The summed E-state index contributed by atoms with van der Waals surface area (Å²) >= 11 is 3.38. The third-order valence-corrected chi connectivity index (χ3v) is 5.87. The van der Waals surface area contributed by atoms with E-state index in [1.807, 2.05) is 6.07 Å². The number of aryl methyl sites for hydroxylation is 1. The second-order valence-corrected chi connectivity index (χ2v) is 8.44. The predicted octanol–water partition coefficient (Wildman–Crippen LogP) is 3.56. The fraction of sp³-hybridized carbons (Fsp3) is 0.190. The fourth-order valence-corrected chi connectivity index (χ4v) is 4.06. The van der Waals surface area contributed by atoms with E-state index in [2.05, 4.69) is 41.7 Å². The molecule has 1 aromatic carbocycles. The first-order valence-electron chi connectivity index (χ1n) is 9.95. The van der Waals surface area contributed by atoms with Crippen LogP contribution in [0.2, 0.25) is 0 Å². The van der Waals surface area contributed by atoms with Crippen molar-refractivity contribution in [2.75, 3.05) is 16.4 Å². The standard InChI is InChI=1S/C21H19BrN8O2/c1-29-17(9-15(28-29)11-5-6-11)27-21(32)26-13-4-2-3-12(7-13)19(31)14-8-16(22)30-18(14)20(23)24-10-25-30/h2-4,7-11H,5-6H2,1H3,(H2,23,24,25)(H2,26,27,32). The molecule has 1 fully saturated rings. The van der Waals surface area contributed by atoms with Crippen LogP contribution >= 0.6 is 15.9 Å². The first-order valence-corrected chi connectivity index (χ1v) is 10.7. The van der Waals surface area contributed by atoms with Crippen molar-refractivity contribution >= 4 is 50.6 Å². The Kier molecular flexibility index (Phi) is 4.89. The molecule has 0 bridgehead atoms. The molecular formula is C21H19BrN8O2. The first kappa shape index (κ1) is 20.2. The van der Waals surface area contributed by atoms with E-state index >= 15 is 0 Å². The van der Waals surface area contributed by atoms with E-state index in [9.17, 15) is 9.59 Å². The zero-order valence-electron chi connectivity index (χ0n) is 17.0. The molecule has 32 heavy (non-hydrogen) atoms. The number of carbonyl (C=O) groups excluding carboxylic acids is 2. The van der Waals surface area contributed by atoms with E-state index < -0.39 is 6.03 Å². The summed E-state index contributed by atoms with van der Waals surface area (Å²) in [7, 11) is 1.79. The average Bonchev–Trinajstić information content (AvgIpc) is 3.48. The molecule has 0 radical (unpaired) electrons. The molecule has 10 nitrogen and oxygen atoms in total. The molecule has 0 unspecified atom stereocenters. The molecule has 3 heterocycles. The van der Waals surface area contributed by atoms with Gasteiger partial charge in [0, 0.05) is 30.3 Å². The summed E-state index contributed by atoms with van der Waals surface area (Å²) in [4.78, 5) is 29.7. The lowest BCUT2D eigenvalue weighted by Gasteiger charge is -2.09. The minimum Gasteiger partial charge on any atom is -0.382 e. The van der Waals surface area contributed by atoms with Crippen molar-refractivity contribution in [3.8, 4) is 0 Å². The Labute approximate surface area is 190 Å². The van der Waals surface area contributed by atoms with Gasteiger partial charge in [0.2, 0.25) is 0 Å². The van der Waals surface area contributed by atoms with Crippen LogP contribution in [0.15, 0.2) is 47.3 Å². The van der Waals surface area contributed by atoms with Crippen LogP contribution in [0, 0.1) is 0 Å². The number of ketones is 1. The molecule has 0 aliphatic heterocycles. The van der Waals surface area contributed by atoms with Gasteiger partial charge in [0.1, 0.15) is 22.3 Å². The van der Waals surface area contributed by atoms with Gasteiger partial charge in [0.15, 0.2) is 11.6 Å². The summed E-state index contributed by atoms with van der Waals surface area (Å²) in [5.74, 6) is 1.04. The molecule has 11 heteroatoms. The number of nitrogen functional groups attached to an aromatic ring is 1. The topological polar surface area (TPSA) is 132 Å². The smallest absolute Gasteiger partial charge is 0.324 e. The van der Waals surface area contributed by atoms with E-state index in [-0.39, 0.29) is 11.6 Å². The number of anilines is 3. The largest absolute Gasteiger partial charge is 0.382 e. The number of amides is 2. The second kappa shape index (κ2) is 7.75. The quantitative estimate of drug-likeness (QED) is 0.363. The summed E-state index contributed by atoms with van der Waals surface area (Å²) < 4.78 is 3.74. The Morgan fingerprint density at radius 3 is 2.78 bits per heavy atom. The van der Waals surface area contributed by atoms with Gasteiger partial charge in [-0.1, -0.05) is 12.1 Å². The van der Waals surface area contributed by atoms with E-state index in [0.29, 0.717) is 38.7 Å². The Morgan fingerprint density at radius 1 is 1.19 bits per heavy atom. The van der Waals surface area contributed by atoms with Crippen LogP contribution in [0.4, 0.5) is 22.1 Å². The number of aromatic nitrogens is 5. The number of hydrogen-bond donors (Lipinski definition) is 3. The molecule has 1 aliphatic rings.